The largest absolute Gasteiger partial charge is 0.380 e. The molecule has 0 radical (unpaired) electrons. The number of nitrogens with one attached hydrogen (secondary N) is 1. The topological polar surface area (TPSA) is 136 Å². The summed E-state index contributed by atoms with van der Waals surface area (Å²) in [7, 11) is 0. The monoisotopic (exact) mass is 437 g/mol. The Labute approximate surface area is 185 Å². The predicted octanol–water partition coefficient (Wildman–Crippen LogP) is 2.62. The second-order valence-electron chi connectivity index (χ2n) is 8.89. The van der Waals surface area contributed by atoms with E-state index in [9.17, 15) is 19.5 Å². The Morgan fingerprint density at radius 2 is 1.84 bits per heavy atom. The van der Waals surface area contributed by atoms with Gasteiger partial charge in [0.15, 0.2) is 0 Å². The van der Waals surface area contributed by atoms with Crippen LogP contribution in [0.3, 0.4) is 0 Å². The Morgan fingerprint density at radius 3 is 2.50 bits per heavy atom. The minimum absolute atomic E-state index is 0.00498. The fraction of sp³-hybridized carbons (Fsp3) is 0.333. The number of benzene rings is 2. The summed E-state index contributed by atoms with van der Waals surface area (Å²) in [5.41, 5.74) is 4.48. The summed E-state index contributed by atoms with van der Waals surface area (Å²) in [6.45, 7) is 6.78. The van der Waals surface area contributed by atoms with Gasteiger partial charge < -0.3 is 20.7 Å². The van der Waals surface area contributed by atoms with Gasteiger partial charge in [-0.15, -0.1) is 0 Å². The second kappa shape index (κ2) is 8.55. The first kappa shape index (κ1) is 23.1. The van der Waals surface area contributed by atoms with Crippen LogP contribution in [0.4, 0.5) is 5.69 Å². The first-order chi connectivity index (χ1) is 14.9. The van der Waals surface area contributed by atoms with Gasteiger partial charge in [0.25, 0.3) is 5.91 Å². The lowest BCUT2D eigenvalue weighted by atomic mass is 9.76. The van der Waals surface area contributed by atoms with Crippen LogP contribution in [0.15, 0.2) is 51.8 Å². The molecule has 4 N–H and O–H groups in total. The number of anilines is 1. The van der Waals surface area contributed by atoms with Crippen LogP contribution < -0.4 is 16.7 Å². The quantitative estimate of drug-likeness (QED) is 0.520. The van der Waals surface area contributed by atoms with Crippen molar-refractivity contribution in [2.75, 3.05) is 5.32 Å². The van der Waals surface area contributed by atoms with E-state index in [1.165, 1.54) is 6.07 Å². The van der Waals surface area contributed by atoms with Gasteiger partial charge in [-0.25, -0.2) is 4.79 Å². The molecule has 1 atom stereocenters. The maximum absolute atomic E-state index is 13.3. The summed E-state index contributed by atoms with van der Waals surface area (Å²) < 4.78 is 4.72. The summed E-state index contributed by atoms with van der Waals surface area (Å²) in [5.74, 6) is -1.30. The van der Waals surface area contributed by atoms with Crippen LogP contribution in [0, 0.1) is 19.3 Å². The molecule has 8 nitrogen and oxygen atoms in total. The maximum Gasteiger partial charge on any atom is 0.366 e. The molecule has 0 aliphatic carbocycles. The lowest BCUT2D eigenvalue weighted by Crippen LogP contribution is -2.50. The second-order valence-corrected chi connectivity index (χ2v) is 8.89. The van der Waals surface area contributed by atoms with Crippen LogP contribution in [-0.2, 0) is 16.0 Å². The molecule has 0 bridgehead atoms. The molecule has 0 spiro atoms. The number of fused-ring (bicyclic) bond motifs is 1. The zero-order chi connectivity index (χ0) is 23.7. The van der Waals surface area contributed by atoms with Crippen LogP contribution >= 0.6 is 0 Å². The van der Waals surface area contributed by atoms with Gasteiger partial charge in [-0.3, -0.25) is 9.59 Å². The van der Waals surface area contributed by atoms with Gasteiger partial charge in [-0.05, 0) is 44.0 Å². The number of amides is 2. The number of nitrogens with zero attached hydrogens (tertiary/aromatic N) is 1. The van der Waals surface area contributed by atoms with Crippen LogP contribution in [0.1, 0.15) is 37.1 Å². The van der Waals surface area contributed by atoms with E-state index in [0.717, 1.165) is 11.1 Å². The van der Waals surface area contributed by atoms with Gasteiger partial charge in [-0.2, -0.15) is 0 Å². The standard InChI is InChI=1S/C24H27N3O5/c1-14-6-5-7-16(10-14)12-24(31,13-23(3,4)21(25)29)22(30)26-17-8-9-18-19(11-17)15(2)27-32-20(18)28/h5-11,31H,12-13H2,1-4H3,(H2,25,29)(H,26,30). The first-order valence-electron chi connectivity index (χ1n) is 10.2. The van der Waals surface area contributed by atoms with Crippen LogP contribution in [0.25, 0.3) is 10.8 Å². The third-order valence-electron chi connectivity index (χ3n) is 5.56. The van der Waals surface area contributed by atoms with Gasteiger partial charge in [-0.1, -0.05) is 48.8 Å². The molecule has 0 aliphatic rings. The molecule has 0 fully saturated rings. The molecule has 2 aromatic carbocycles. The van der Waals surface area contributed by atoms with Gasteiger partial charge in [0, 0.05) is 22.9 Å². The fourth-order valence-electron chi connectivity index (χ4n) is 3.76. The number of carbonyl (C=O) groups is 2. The summed E-state index contributed by atoms with van der Waals surface area (Å²) in [5, 5.41) is 18.8. The van der Waals surface area contributed by atoms with Crippen molar-refractivity contribution in [2.45, 2.75) is 46.1 Å². The number of hydrogen-bond acceptors (Lipinski definition) is 6. The maximum atomic E-state index is 13.3. The molecular formula is C24H27N3O5. The molecular weight excluding hydrogens is 410 g/mol. The van der Waals surface area contributed by atoms with Crippen molar-refractivity contribution < 1.29 is 19.2 Å². The number of carbonyl (C=O) groups excluding carboxylic acids is 2. The van der Waals surface area contributed by atoms with Gasteiger partial charge in [0.2, 0.25) is 5.91 Å². The molecule has 1 unspecified atom stereocenters. The van der Waals surface area contributed by atoms with E-state index in [4.69, 9.17) is 10.3 Å². The fourth-order valence-corrected chi connectivity index (χ4v) is 3.76. The first-order valence-corrected chi connectivity index (χ1v) is 10.2. The molecule has 168 valence electrons. The SMILES string of the molecule is Cc1cccc(CC(O)(CC(C)(C)C(N)=O)C(=O)Nc2ccc3c(=O)onc(C)c3c2)c1. The molecule has 3 aromatic rings. The molecule has 1 heterocycles. The number of hydrogen-bond donors (Lipinski definition) is 3. The average molecular weight is 437 g/mol. The van der Waals surface area contributed by atoms with Gasteiger partial charge >= 0.3 is 5.63 Å². The molecule has 2 amide bonds. The average Bonchev–Trinajstić information content (AvgIpc) is 2.70. The van der Waals surface area contributed by atoms with Crippen molar-refractivity contribution in [2.24, 2.45) is 11.1 Å². The van der Waals surface area contributed by atoms with Crippen molar-refractivity contribution in [1.82, 2.24) is 5.16 Å². The Bertz CT molecular complexity index is 1250. The predicted molar refractivity (Wildman–Crippen MR) is 121 cm³/mol. The summed E-state index contributed by atoms with van der Waals surface area (Å²) in [6.07, 6.45) is -0.179. The van der Waals surface area contributed by atoms with E-state index >= 15 is 0 Å². The minimum atomic E-state index is -1.91. The lowest BCUT2D eigenvalue weighted by molar-refractivity contribution is -0.141. The van der Waals surface area contributed by atoms with E-state index in [1.807, 2.05) is 31.2 Å². The Kier molecular flexibility index (Phi) is 6.18. The molecule has 32 heavy (non-hydrogen) atoms. The molecule has 8 heteroatoms. The van der Waals surface area contributed by atoms with Crippen molar-refractivity contribution in [3.63, 3.8) is 0 Å². The summed E-state index contributed by atoms with van der Waals surface area (Å²) >= 11 is 0. The highest BCUT2D eigenvalue weighted by molar-refractivity contribution is 6.00. The van der Waals surface area contributed by atoms with Crippen molar-refractivity contribution in [3.8, 4) is 0 Å². The zero-order valence-corrected chi connectivity index (χ0v) is 18.6. The van der Waals surface area contributed by atoms with Gasteiger partial charge in [0.05, 0.1) is 11.1 Å². The lowest BCUT2D eigenvalue weighted by Gasteiger charge is -2.33. The van der Waals surface area contributed by atoms with E-state index < -0.39 is 28.5 Å². The van der Waals surface area contributed by atoms with E-state index in [1.54, 1.807) is 32.9 Å². The Hall–Kier alpha value is -3.52. The highest BCUT2D eigenvalue weighted by atomic mass is 16.5. The number of nitrogens with two attached hydrogens (primary N) is 1. The van der Waals surface area contributed by atoms with E-state index in [2.05, 4.69) is 10.5 Å². The van der Waals surface area contributed by atoms with E-state index in [-0.39, 0.29) is 12.8 Å². The number of aliphatic hydroxyl groups is 1. The highest BCUT2D eigenvalue weighted by Crippen LogP contribution is 2.32. The van der Waals surface area contributed by atoms with Crippen molar-refractivity contribution >= 4 is 28.3 Å². The number of primary amides is 1. The number of rotatable bonds is 7. The van der Waals surface area contributed by atoms with Gasteiger partial charge in [0.1, 0.15) is 5.60 Å². The van der Waals surface area contributed by atoms with E-state index in [0.29, 0.717) is 22.2 Å². The van der Waals surface area contributed by atoms with Crippen LogP contribution in [0.2, 0.25) is 0 Å². The molecule has 0 saturated carbocycles. The van der Waals surface area contributed by atoms with Crippen molar-refractivity contribution in [3.05, 3.63) is 69.7 Å². The smallest absolute Gasteiger partial charge is 0.366 e. The minimum Gasteiger partial charge on any atom is -0.380 e. The molecule has 0 aliphatic heterocycles. The Morgan fingerprint density at radius 1 is 1.12 bits per heavy atom. The summed E-state index contributed by atoms with van der Waals surface area (Å²) in [6, 6.07) is 12.1. The number of aryl methyl sites for hydroxylation is 2. The molecule has 0 saturated heterocycles. The molecule has 1 aromatic heterocycles. The molecule has 3 rings (SSSR count). The third-order valence-corrected chi connectivity index (χ3v) is 5.56. The van der Waals surface area contributed by atoms with Crippen molar-refractivity contribution in [1.29, 1.82) is 0 Å². The third kappa shape index (κ3) is 4.86. The Balaban J connectivity index is 1.97. The van der Waals surface area contributed by atoms with Crippen LogP contribution in [-0.4, -0.2) is 27.7 Å². The summed E-state index contributed by atoms with van der Waals surface area (Å²) in [4.78, 5) is 37.1. The zero-order valence-electron chi connectivity index (χ0n) is 18.6. The number of aromatic nitrogens is 1. The van der Waals surface area contributed by atoms with Crippen LogP contribution in [0.5, 0.6) is 0 Å². The normalized spacial score (nSPS) is 13.5. The highest BCUT2D eigenvalue weighted by Gasteiger charge is 2.43.